The molecule has 1 saturated heterocycles. The minimum absolute atomic E-state index is 0.141. The number of hydrogen-bond donors (Lipinski definition) is 0. The van der Waals surface area contributed by atoms with Crippen LogP contribution < -0.4 is 0 Å². The molecule has 1 aromatic heterocycles. The molecule has 7 nitrogen and oxygen atoms in total. The lowest BCUT2D eigenvalue weighted by Gasteiger charge is -2.32. The van der Waals surface area contributed by atoms with Crippen LogP contribution in [0.3, 0.4) is 0 Å². The van der Waals surface area contributed by atoms with Crippen molar-refractivity contribution in [3.63, 3.8) is 0 Å². The van der Waals surface area contributed by atoms with Gasteiger partial charge in [0.2, 0.25) is 11.1 Å². The molecular weight excluding hydrogens is 324 g/mol. The Balaban J connectivity index is 1.65. The molecule has 0 aliphatic carbocycles. The summed E-state index contributed by atoms with van der Waals surface area (Å²) in [4.78, 5) is 16.5. The van der Waals surface area contributed by atoms with Gasteiger partial charge in [-0.3, -0.25) is 4.79 Å². The van der Waals surface area contributed by atoms with Crippen LogP contribution in [0.4, 0.5) is 0 Å². The van der Waals surface area contributed by atoms with Crippen molar-refractivity contribution in [3.05, 3.63) is 29.3 Å². The first-order valence-corrected chi connectivity index (χ1v) is 8.98. The highest BCUT2D eigenvalue weighted by Gasteiger charge is 2.20. The van der Waals surface area contributed by atoms with Crippen LogP contribution in [-0.2, 0) is 4.79 Å². The fraction of sp³-hybridized carbons (Fsp3) is 0.500. The van der Waals surface area contributed by atoms with Gasteiger partial charge >= 0.3 is 0 Å². The Kier molecular flexibility index (Phi) is 5.15. The molecule has 0 spiro atoms. The largest absolute Gasteiger partial charge is 0.339 e. The van der Waals surface area contributed by atoms with Gasteiger partial charge in [-0.05, 0) is 54.6 Å². The van der Waals surface area contributed by atoms with Crippen molar-refractivity contribution < 1.29 is 4.79 Å². The number of carbonyl (C=O) groups is 1. The summed E-state index contributed by atoms with van der Waals surface area (Å²) in [6.07, 6.45) is 0. The Hall–Kier alpha value is -1.93. The van der Waals surface area contributed by atoms with Crippen LogP contribution in [-0.4, -0.2) is 74.9 Å². The zero-order valence-corrected chi connectivity index (χ0v) is 15.1. The van der Waals surface area contributed by atoms with E-state index < -0.39 is 0 Å². The number of likely N-dealkylation sites (N-methyl/N-ethyl adjacent to an activating group) is 1. The van der Waals surface area contributed by atoms with Gasteiger partial charge in [-0.25, -0.2) is 0 Å². The third kappa shape index (κ3) is 3.76. The van der Waals surface area contributed by atoms with E-state index in [4.69, 9.17) is 0 Å². The van der Waals surface area contributed by atoms with E-state index in [0.717, 1.165) is 31.9 Å². The van der Waals surface area contributed by atoms with Gasteiger partial charge in [0.1, 0.15) is 0 Å². The molecule has 2 aromatic rings. The maximum Gasteiger partial charge on any atom is 0.233 e. The molecule has 3 rings (SSSR count). The van der Waals surface area contributed by atoms with Gasteiger partial charge < -0.3 is 9.80 Å². The fourth-order valence-corrected chi connectivity index (χ4v) is 3.36. The number of nitrogens with zero attached hydrogens (tertiary/aromatic N) is 6. The second-order valence-electron chi connectivity index (χ2n) is 6.11. The smallest absolute Gasteiger partial charge is 0.233 e. The first kappa shape index (κ1) is 16.9. The minimum atomic E-state index is 0.141. The summed E-state index contributed by atoms with van der Waals surface area (Å²) in [7, 11) is 2.08. The molecule has 24 heavy (non-hydrogen) atoms. The third-order valence-corrected chi connectivity index (χ3v) is 5.26. The van der Waals surface area contributed by atoms with Gasteiger partial charge in [0.05, 0.1) is 11.4 Å². The Morgan fingerprint density at radius 2 is 1.92 bits per heavy atom. The second-order valence-corrected chi connectivity index (χ2v) is 7.06. The lowest BCUT2D eigenvalue weighted by Crippen LogP contribution is -2.47. The predicted octanol–water partition coefficient (Wildman–Crippen LogP) is 1.15. The van der Waals surface area contributed by atoms with Crippen molar-refractivity contribution in [1.82, 2.24) is 30.0 Å². The molecule has 128 valence electrons. The number of tetrazole rings is 1. The summed E-state index contributed by atoms with van der Waals surface area (Å²) in [5.74, 6) is 0.498. The summed E-state index contributed by atoms with van der Waals surface area (Å²) >= 11 is 1.38. The number of thioether (sulfide) groups is 1. The normalized spacial score (nSPS) is 15.7. The van der Waals surface area contributed by atoms with Gasteiger partial charge in [0.15, 0.2) is 0 Å². The van der Waals surface area contributed by atoms with Crippen LogP contribution in [0.15, 0.2) is 23.4 Å². The number of amides is 1. The summed E-state index contributed by atoms with van der Waals surface area (Å²) in [5.41, 5.74) is 3.33. The van der Waals surface area contributed by atoms with Crippen molar-refractivity contribution in [2.75, 3.05) is 39.0 Å². The van der Waals surface area contributed by atoms with Crippen molar-refractivity contribution in [2.24, 2.45) is 0 Å². The molecule has 0 radical (unpaired) electrons. The van der Waals surface area contributed by atoms with Crippen LogP contribution in [0, 0.1) is 13.8 Å². The van der Waals surface area contributed by atoms with Crippen molar-refractivity contribution in [1.29, 1.82) is 0 Å². The van der Waals surface area contributed by atoms with E-state index in [2.05, 4.69) is 53.5 Å². The summed E-state index contributed by atoms with van der Waals surface area (Å²) in [6.45, 7) is 7.57. The van der Waals surface area contributed by atoms with Crippen LogP contribution >= 0.6 is 11.8 Å². The number of rotatable bonds is 4. The lowest BCUT2D eigenvalue weighted by atomic mass is 10.1. The molecule has 1 aromatic carbocycles. The molecule has 1 aliphatic heterocycles. The number of aryl methyl sites for hydroxylation is 2. The van der Waals surface area contributed by atoms with Crippen LogP contribution in [0.2, 0.25) is 0 Å². The fourth-order valence-electron chi connectivity index (χ4n) is 2.56. The van der Waals surface area contributed by atoms with Gasteiger partial charge in [0.25, 0.3) is 0 Å². The summed E-state index contributed by atoms with van der Waals surface area (Å²) in [5, 5.41) is 12.5. The molecule has 0 atom stereocenters. The second kappa shape index (κ2) is 7.31. The molecule has 0 saturated carbocycles. The van der Waals surface area contributed by atoms with Gasteiger partial charge in [-0.15, -0.1) is 5.10 Å². The first-order chi connectivity index (χ1) is 11.5. The van der Waals surface area contributed by atoms with E-state index in [9.17, 15) is 4.79 Å². The van der Waals surface area contributed by atoms with Crippen LogP contribution in [0.25, 0.3) is 5.69 Å². The van der Waals surface area contributed by atoms with E-state index in [1.165, 1.54) is 22.9 Å². The van der Waals surface area contributed by atoms with E-state index in [-0.39, 0.29) is 5.91 Å². The van der Waals surface area contributed by atoms with Gasteiger partial charge in [-0.2, -0.15) is 4.68 Å². The number of piperazine rings is 1. The topological polar surface area (TPSA) is 67.2 Å². The molecule has 1 aliphatic rings. The van der Waals surface area contributed by atoms with E-state index in [1.54, 1.807) is 4.68 Å². The molecule has 2 heterocycles. The predicted molar refractivity (Wildman–Crippen MR) is 93.4 cm³/mol. The Morgan fingerprint density at radius 3 is 2.62 bits per heavy atom. The SMILES string of the molecule is Cc1ccc(-n2nnnc2SCC(=O)N2CCN(C)CC2)cc1C. The van der Waals surface area contributed by atoms with Crippen molar-refractivity contribution >= 4 is 17.7 Å². The van der Waals surface area contributed by atoms with Gasteiger partial charge in [-0.1, -0.05) is 17.8 Å². The molecule has 8 heteroatoms. The maximum atomic E-state index is 12.4. The Bertz CT molecular complexity index is 723. The average molecular weight is 346 g/mol. The zero-order chi connectivity index (χ0) is 17.1. The monoisotopic (exact) mass is 346 g/mol. The molecule has 0 unspecified atom stereocenters. The maximum absolute atomic E-state index is 12.4. The Morgan fingerprint density at radius 1 is 1.17 bits per heavy atom. The molecule has 1 fully saturated rings. The molecule has 1 amide bonds. The molecule has 0 N–H and O–H groups in total. The van der Waals surface area contributed by atoms with E-state index >= 15 is 0 Å². The molecular formula is C16H22N6OS. The Labute approximate surface area is 146 Å². The summed E-state index contributed by atoms with van der Waals surface area (Å²) < 4.78 is 1.69. The van der Waals surface area contributed by atoms with E-state index in [0.29, 0.717) is 10.9 Å². The standard InChI is InChI=1S/C16H22N6OS/c1-12-4-5-14(10-13(12)2)22-16(17-18-19-22)24-11-15(23)21-8-6-20(3)7-9-21/h4-5,10H,6-9,11H2,1-3H3. The van der Waals surface area contributed by atoms with Crippen molar-refractivity contribution in [3.8, 4) is 5.69 Å². The van der Waals surface area contributed by atoms with Crippen LogP contribution in [0.1, 0.15) is 11.1 Å². The molecule has 0 bridgehead atoms. The number of hydrogen-bond acceptors (Lipinski definition) is 6. The number of aromatic nitrogens is 4. The quantitative estimate of drug-likeness (QED) is 0.774. The number of benzene rings is 1. The lowest BCUT2D eigenvalue weighted by molar-refractivity contribution is -0.129. The highest BCUT2D eigenvalue weighted by molar-refractivity contribution is 7.99. The first-order valence-electron chi connectivity index (χ1n) is 8.00. The van der Waals surface area contributed by atoms with Gasteiger partial charge in [0, 0.05) is 26.2 Å². The highest BCUT2D eigenvalue weighted by Crippen LogP contribution is 2.20. The van der Waals surface area contributed by atoms with Crippen LogP contribution in [0.5, 0.6) is 0 Å². The zero-order valence-electron chi connectivity index (χ0n) is 14.3. The summed E-state index contributed by atoms with van der Waals surface area (Å²) in [6, 6.07) is 6.10. The highest BCUT2D eigenvalue weighted by atomic mass is 32.2. The number of carbonyl (C=O) groups excluding carboxylic acids is 1. The van der Waals surface area contributed by atoms with Crippen molar-refractivity contribution in [2.45, 2.75) is 19.0 Å². The average Bonchev–Trinajstić information content (AvgIpc) is 3.04. The minimum Gasteiger partial charge on any atom is -0.339 e. The third-order valence-electron chi connectivity index (χ3n) is 4.36. The van der Waals surface area contributed by atoms with E-state index in [1.807, 2.05) is 11.0 Å².